The minimum Gasteiger partial charge on any atom is -0.375 e. The zero-order valence-corrected chi connectivity index (χ0v) is 10.4. The largest absolute Gasteiger partial charge is 0.375 e. The van der Waals surface area contributed by atoms with Crippen molar-refractivity contribution in [2.75, 3.05) is 26.2 Å². The van der Waals surface area contributed by atoms with Crippen molar-refractivity contribution in [2.45, 2.75) is 25.9 Å². The number of hydrogen-bond acceptors (Lipinski definition) is 6. The van der Waals surface area contributed by atoms with E-state index in [1.54, 1.807) is 6.92 Å². The van der Waals surface area contributed by atoms with Crippen LogP contribution in [-0.2, 0) is 16.0 Å². The van der Waals surface area contributed by atoms with Gasteiger partial charge in [0.2, 0.25) is 11.8 Å². The van der Waals surface area contributed by atoms with Gasteiger partial charge in [-0.2, -0.15) is 4.98 Å². The van der Waals surface area contributed by atoms with E-state index in [1.165, 1.54) is 0 Å². The Morgan fingerprint density at radius 3 is 3.17 bits per heavy atom. The molecule has 1 aliphatic rings. The lowest BCUT2D eigenvalue weighted by atomic mass is 10.2. The van der Waals surface area contributed by atoms with Crippen molar-refractivity contribution in [3.63, 3.8) is 0 Å². The second-order valence-electron chi connectivity index (χ2n) is 4.23. The average Bonchev–Trinajstić information content (AvgIpc) is 2.76. The first-order chi connectivity index (χ1) is 8.74. The molecule has 1 amide bonds. The molecule has 7 heteroatoms. The quantitative estimate of drug-likeness (QED) is 0.730. The topological polar surface area (TPSA) is 89.3 Å². The van der Waals surface area contributed by atoms with Crippen molar-refractivity contribution in [1.29, 1.82) is 0 Å². The Morgan fingerprint density at radius 2 is 2.50 bits per heavy atom. The minimum atomic E-state index is -0.0221. The number of amides is 1. The number of rotatable bonds is 5. The van der Waals surface area contributed by atoms with E-state index in [1.807, 2.05) is 0 Å². The van der Waals surface area contributed by atoms with E-state index in [9.17, 15) is 4.79 Å². The number of carbonyl (C=O) groups excluding carboxylic acids is 1. The molecule has 2 rings (SSSR count). The van der Waals surface area contributed by atoms with Crippen LogP contribution in [0.4, 0.5) is 0 Å². The third-order valence-electron chi connectivity index (χ3n) is 2.66. The molecule has 1 fully saturated rings. The van der Waals surface area contributed by atoms with Crippen molar-refractivity contribution in [3.05, 3.63) is 11.7 Å². The Hall–Kier alpha value is -1.47. The predicted octanol–water partition coefficient (Wildman–Crippen LogP) is -0.585. The molecule has 1 aromatic rings. The summed E-state index contributed by atoms with van der Waals surface area (Å²) in [6.07, 6.45) is 0.941. The molecule has 7 nitrogen and oxygen atoms in total. The zero-order chi connectivity index (χ0) is 12.8. The Balaban J connectivity index is 1.62. The normalized spacial score (nSPS) is 19.7. The van der Waals surface area contributed by atoms with Gasteiger partial charge in [0, 0.05) is 33.0 Å². The molecule has 0 aromatic carbocycles. The van der Waals surface area contributed by atoms with Crippen LogP contribution in [0.5, 0.6) is 0 Å². The minimum absolute atomic E-state index is 0.0103. The summed E-state index contributed by atoms with van der Waals surface area (Å²) in [6.45, 7) is 4.51. The van der Waals surface area contributed by atoms with Gasteiger partial charge in [0.1, 0.15) is 0 Å². The highest BCUT2D eigenvalue weighted by atomic mass is 16.5. The average molecular weight is 254 g/mol. The molecule has 0 bridgehead atoms. The van der Waals surface area contributed by atoms with Crippen LogP contribution in [0.3, 0.4) is 0 Å². The van der Waals surface area contributed by atoms with Crippen molar-refractivity contribution in [3.8, 4) is 0 Å². The van der Waals surface area contributed by atoms with Gasteiger partial charge in [-0.3, -0.25) is 4.79 Å². The van der Waals surface area contributed by atoms with E-state index in [0.29, 0.717) is 37.7 Å². The number of aromatic nitrogens is 2. The first-order valence-corrected chi connectivity index (χ1v) is 6.12. The van der Waals surface area contributed by atoms with Gasteiger partial charge in [0.15, 0.2) is 5.82 Å². The molecule has 0 aliphatic carbocycles. The zero-order valence-electron chi connectivity index (χ0n) is 10.4. The van der Waals surface area contributed by atoms with Crippen LogP contribution in [0.1, 0.15) is 18.1 Å². The van der Waals surface area contributed by atoms with Crippen molar-refractivity contribution in [1.82, 2.24) is 20.8 Å². The van der Waals surface area contributed by atoms with E-state index < -0.39 is 0 Å². The molecule has 1 aliphatic heterocycles. The Labute approximate surface area is 105 Å². The smallest absolute Gasteiger partial charge is 0.223 e. The summed E-state index contributed by atoms with van der Waals surface area (Å²) in [4.78, 5) is 15.7. The lowest BCUT2D eigenvalue weighted by Crippen LogP contribution is -2.41. The van der Waals surface area contributed by atoms with Crippen molar-refractivity contribution < 1.29 is 14.1 Å². The molecule has 1 aromatic heterocycles. The lowest BCUT2D eigenvalue weighted by molar-refractivity contribution is -0.124. The molecule has 2 heterocycles. The van der Waals surface area contributed by atoms with Gasteiger partial charge >= 0.3 is 0 Å². The molecular weight excluding hydrogens is 236 g/mol. The molecule has 2 N–H and O–H groups in total. The van der Waals surface area contributed by atoms with Gasteiger partial charge in [0.25, 0.3) is 0 Å². The fraction of sp³-hybridized carbons (Fsp3) is 0.727. The fourth-order valence-corrected chi connectivity index (χ4v) is 1.79. The maximum absolute atomic E-state index is 11.6. The highest BCUT2D eigenvalue weighted by Crippen LogP contribution is 2.01. The van der Waals surface area contributed by atoms with Crippen LogP contribution in [0.2, 0.25) is 0 Å². The van der Waals surface area contributed by atoms with Crippen LogP contribution in [-0.4, -0.2) is 48.4 Å². The molecule has 0 saturated carbocycles. The Morgan fingerprint density at radius 1 is 1.61 bits per heavy atom. The summed E-state index contributed by atoms with van der Waals surface area (Å²) in [6, 6.07) is 0. The Bertz CT molecular complexity index is 387. The highest BCUT2D eigenvalue weighted by molar-refractivity contribution is 5.76. The molecule has 0 radical (unpaired) electrons. The molecule has 1 atom stereocenters. The standard InChI is InChI=1S/C11H18N4O3/c1-8-14-10(15-18-8)2-3-13-11(16)6-9-7-12-4-5-17-9/h9,12H,2-7H2,1H3,(H,13,16). The van der Waals surface area contributed by atoms with Crippen LogP contribution >= 0.6 is 0 Å². The molecule has 1 unspecified atom stereocenters. The van der Waals surface area contributed by atoms with Gasteiger partial charge in [-0.15, -0.1) is 0 Å². The predicted molar refractivity (Wildman–Crippen MR) is 63.0 cm³/mol. The second-order valence-corrected chi connectivity index (χ2v) is 4.23. The molecular formula is C11H18N4O3. The summed E-state index contributed by atoms with van der Waals surface area (Å²) >= 11 is 0. The van der Waals surface area contributed by atoms with Crippen LogP contribution in [0, 0.1) is 6.92 Å². The van der Waals surface area contributed by atoms with Crippen LogP contribution in [0.25, 0.3) is 0 Å². The van der Waals surface area contributed by atoms with E-state index in [4.69, 9.17) is 9.26 Å². The first-order valence-electron chi connectivity index (χ1n) is 6.12. The Kier molecular flexibility index (Phi) is 4.66. The first kappa shape index (κ1) is 13.0. The number of aryl methyl sites for hydroxylation is 1. The number of ether oxygens (including phenoxy) is 1. The summed E-state index contributed by atoms with van der Waals surface area (Å²) < 4.78 is 10.3. The highest BCUT2D eigenvalue weighted by Gasteiger charge is 2.16. The van der Waals surface area contributed by atoms with Gasteiger partial charge in [-0.25, -0.2) is 0 Å². The molecule has 100 valence electrons. The summed E-state index contributed by atoms with van der Waals surface area (Å²) in [5.74, 6) is 1.14. The van der Waals surface area contributed by atoms with Crippen molar-refractivity contribution >= 4 is 5.91 Å². The van der Waals surface area contributed by atoms with Crippen molar-refractivity contribution in [2.24, 2.45) is 0 Å². The van der Waals surface area contributed by atoms with Crippen LogP contribution < -0.4 is 10.6 Å². The number of nitrogens with zero attached hydrogens (tertiary/aromatic N) is 2. The van der Waals surface area contributed by atoms with Gasteiger partial charge in [-0.1, -0.05) is 5.16 Å². The summed E-state index contributed by atoms with van der Waals surface area (Å²) in [5.41, 5.74) is 0. The third kappa shape index (κ3) is 4.08. The SMILES string of the molecule is Cc1nc(CCNC(=O)CC2CNCCO2)no1. The van der Waals surface area contributed by atoms with Gasteiger partial charge < -0.3 is 19.9 Å². The number of hydrogen-bond donors (Lipinski definition) is 2. The van der Waals surface area contributed by atoms with E-state index in [0.717, 1.165) is 13.1 Å². The maximum Gasteiger partial charge on any atom is 0.223 e. The van der Waals surface area contributed by atoms with Crippen LogP contribution in [0.15, 0.2) is 4.52 Å². The monoisotopic (exact) mass is 254 g/mol. The number of nitrogens with one attached hydrogen (secondary N) is 2. The lowest BCUT2D eigenvalue weighted by Gasteiger charge is -2.22. The number of morpholine rings is 1. The fourth-order valence-electron chi connectivity index (χ4n) is 1.79. The summed E-state index contributed by atoms with van der Waals surface area (Å²) in [5, 5.41) is 9.76. The molecule has 0 spiro atoms. The molecule has 1 saturated heterocycles. The maximum atomic E-state index is 11.6. The van der Waals surface area contributed by atoms with E-state index in [2.05, 4.69) is 20.8 Å². The van der Waals surface area contributed by atoms with Gasteiger partial charge in [0.05, 0.1) is 19.1 Å². The number of carbonyl (C=O) groups is 1. The second kappa shape index (κ2) is 6.46. The van der Waals surface area contributed by atoms with E-state index in [-0.39, 0.29) is 12.0 Å². The van der Waals surface area contributed by atoms with E-state index >= 15 is 0 Å². The van der Waals surface area contributed by atoms with Gasteiger partial charge in [-0.05, 0) is 0 Å². The third-order valence-corrected chi connectivity index (χ3v) is 2.66. The molecule has 18 heavy (non-hydrogen) atoms. The summed E-state index contributed by atoms with van der Waals surface area (Å²) in [7, 11) is 0.